The van der Waals surface area contributed by atoms with E-state index in [0.29, 0.717) is 11.3 Å². The summed E-state index contributed by atoms with van der Waals surface area (Å²) in [6, 6.07) is 16.7. The highest BCUT2D eigenvalue weighted by Gasteiger charge is 2.10. The minimum Gasteiger partial charge on any atom is -0.465 e. The van der Waals surface area contributed by atoms with Crippen LogP contribution in [0.5, 0.6) is 0 Å². The first-order valence-electron chi connectivity index (χ1n) is 8.25. The number of anilines is 1. The zero-order valence-corrected chi connectivity index (χ0v) is 17.4. The normalized spacial score (nSPS) is 10.5. The van der Waals surface area contributed by atoms with E-state index in [2.05, 4.69) is 32.4 Å². The Balaban J connectivity index is 1.44. The number of benzene rings is 2. The van der Waals surface area contributed by atoms with E-state index >= 15 is 0 Å². The molecule has 1 heterocycles. The van der Waals surface area contributed by atoms with E-state index in [1.165, 1.54) is 35.8 Å². The molecule has 1 N–H and O–H groups in total. The van der Waals surface area contributed by atoms with Crippen molar-refractivity contribution < 1.29 is 14.3 Å². The minimum absolute atomic E-state index is 0.149. The molecule has 0 atom stereocenters. The molecule has 0 aliphatic carbocycles. The van der Waals surface area contributed by atoms with Gasteiger partial charge in [0, 0.05) is 11.4 Å². The molecule has 0 radical (unpaired) electrons. The van der Waals surface area contributed by atoms with E-state index < -0.39 is 5.97 Å². The van der Waals surface area contributed by atoms with Crippen molar-refractivity contribution in [3.05, 3.63) is 65.7 Å². The summed E-state index contributed by atoms with van der Waals surface area (Å²) in [6.07, 6.45) is 0. The van der Waals surface area contributed by atoms with Crippen LogP contribution in [0.25, 0.3) is 0 Å². The van der Waals surface area contributed by atoms with Crippen molar-refractivity contribution in [1.29, 1.82) is 0 Å². The molecule has 0 saturated heterocycles. The van der Waals surface area contributed by atoms with E-state index in [1.54, 1.807) is 36.0 Å². The summed E-state index contributed by atoms with van der Waals surface area (Å²) in [7, 11) is 1.33. The average Bonchev–Trinajstić information content (AvgIpc) is 3.19. The predicted molar refractivity (Wildman–Crippen MR) is 113 cm³/mol. The third-order valence-electron chi connectivity index (χ3n) is 3.51. The van der Waals surface area contributed by atoms with Crippen molar-refractivity contribution in [2.75, 3.05) is 18.2 Å². The van der Waals surface area contributed by atoms with Crippen LogP contribution in [0.3, 0.4) is 0 Å². The van der Waals surface area contributed by atoms with Crippen LogP contribution >= 0.6 is 34.9 Å². The van der Waals surface area contributed by atoms with Gasteiger partial charge in [0.15, 0.2) is 8.68 Å². The highest BCUT2D eigenvalue weighted by atomic mass is 32.2. The second-order valence-corrected chi connectivity index (χ2v) is 8.94. The van der Waals surface area contributed by atoms with Crippen molar-refractivity contribution in [1.82, 2.24) is 10.2 Å². The van der Waals surface area contributed by atoms with Gasteiger partial charge in [0.05, 0.1) is 18.4 Å². The van der Waals surface area contributed by atoms with Crippen LogP contribution < -0.4 is 5.32 Å². The number of hydrogen-bond acceptors (Lipinski definition) is 8. The van der Waals surface area contributed by atoms with Crippen LogP contribution in [-0.2, 0) is 15.3 Å². The van der Waals surface area contributed by atoms with Crippen LogP contribution in [-0.4, -0.2) is 34.9 Å². The zero-order valence-electron chi connectivity index (χ0n) is 15.0. The lowest BCUT2D eigenvalue weighted by molar-refractivity contribution is -0.113. The lowest BCUT2D eigenvalue weighted by atomic mass is 10.2. The first-order chi connectivity index (χ1) is 13.6. The molecule has 0 bridgehead atoms. The van der Waals surface area contributed by atoms with Crippen LogP contribution in [0.4, 0.5) is 5.69 Å². The lowest BCUT2D eigenvalue weighted by Gasteiger charge is -2.05. The number of nitrogens with one attached hydrogen (secondary N) is 1. The molecule has 6 nitrogen and oxygen atoms in total. The Labute approximate surface area is 175 Å². The van der Waals surface area contributed by atoms with Gasteiger partial charge in [0.2, 0.25) is 5.91 Å². The Morgan fingerprint density at radius 3 is 2.36 bits per heavy atom. The third-order valence-corrected chi connectivity index (χ3v) is 6.77. The first-order valence-corrected chi connectivity index (χ1v) is 11.0. The standard InChI is InChI=1S/C19H17N3O3S3/c1-25-17(24)14-7-9-15(10-8-14)20-16(23)12-27-19-22-21-18(28-19)26-11-13-5-3-2-4-6-13/h2-10H,11-12H2,1H3,(H,20,23). The molecule has 144 valence electrons. The van der Waals surface area contributed by atoms with Crippen molar-refractivity contribution in [3.8, 4) is 0 Å². The molecule has 0 spiro atoms. The van der Waals surface area contributed by atoms with Gasteiger partial charge in [-0.3, -0.25) is 4.79 Å². The molecule has 1 aromatic heterocycles. The Kier molecular flexibility index (Phi) is 7.46. The van der Waals surface area contributed by atoms with Crippen molar-refractivity contribution in [3.63, 3.8) is 0 Å². The summed E-state index contributed by atoms with van der Waals surface area (Å²) in [4.78, 5) is 23.5. The van der Waals surface area contributed by atoms with E-state index in [9.17, 15) is 9.59 Å². The minimum atomic E-state index is -0.411. The Hall–Kier alpha value is -2.36. The van der Waals surface area contributed by atoms with Gasteiger partial charge in [-0.1, -0.05) is 65.2 Å². The number of nitrogens with zero attached hydrogens (tertiary/aromatic N) is 2. The first kappa shape index (κ1) is 20.4. The number of carbonyl (C=O) groups excluding carboxylic acids is 2. The molecule has 1 amide bonds. The van der Waals surface area contributed by atoms with Gasteiger partial charge >= 0.3 is 5.97 Å². The van der Waals surface area contributed by atoms with Crippen LogP contribution in [0, 0.1) is 0 Å². The van der Waals surface area contributed by atoms with E-state index in [-0.39, 0.29) is 11.7 Å². The monoisotopic (exact) mass is 431 g/mol. The highest BCUT2D eigenvalue weighted by Crippen LogP contribution is 2.30. The summed E-state index contributed by atoms with van der Waals surface area (Å²) in [6.45, 7) is 0. The maximum atomic E-state index is 12.1. The Morgan fingerprint density at radius 2 is 1.68 bits per heavy atom. The molecule has 3 rings (SSSR count). The van der Waals surface area contributed by atoms with Crippen LogP contribution in [0.1, 0.15) is 15.9 Å². The highest BCUT2D eigenvalue weighted by molar-refractivity contribution is 8.03. The predicted octanol–water partition coefficient (Wildman–Crippen LogP) is 4.35. The summed E-state index contributed by atoms with van der Waals surface area (Å²) in [5.41, 5.74) is 2.29. The molecule has 0 unspecified atom stereocenters. The molecule has 0 saturated carbocycles. The van der Waals surface area contributed by atoms with Gasteiger partial charge < -0.3 is 10.1 Å². The summed E-state index contributed by atoms with van der Waals surface area (Å²) >= 11 is 4.46. The fraction of sp³-hybridized carbons (Fsp3) is 0.158. The molecule has 0 fully saturated rings. The summed E-state index contributed by atoms with van der Waals surface area (Å²) in [5, 5.41) is 11.1. The van der Waals surface area contributed by atoms with E-state index in [1.807, 2.05) is 18.2 Å². The number of hydrogen-bond donors (Lipinski definition) is 1. The SMILES string of the molecule is COC(=O)c1ccc(NC(=O)CSc2nnc(SCc3ccccc3)s2)cc1. The van der Waals surface area contributed by atoms with Gasteiger partial charge in [-0.25, -0.2) is 4.79 Å². The van der Waals surface area contributed by atoms with Crippen molar-refractivity contribution in [2.45, 2.75) is 14.4 Å². The number of carbonyl (C=O) groups is 2. The maximum Gasteiger partial charge on any atom is 0.337 e. The second kappa shape index (κ2) is 10.3. The number of thioether (sulfide) groups is 2. The van der Waals surface area contributed by atoms with Gasteiger partial charge in [-0.2, -0.15) is 0 Å². The van der Waals surface area contributed by atoms with Gasteiger partial charge in [-0.05, 0) is 29.8 Å². The van der Waals surface area contributed by atoms with Gasteiger partial charge in [0.25, 0.3) is 0 Å². The lowest BCUT2D eigenvalue weighted by Crippen LogP contribution is -2.14. The molecular formula is C19H17N3O3S3. The van der Waals surface area contributed by atoms with Crippen molar-refractivity contribution >= 4 is 52.4 Å². The molecule has 2 aromatic carbocycles. The number of rotatable bonds is 8. The molecule has 0 aliphatic rings. The Morgan fingerprint density at radius 1 is 1.00 bits per heavy atom. The number of esters is 1. The third kappa shape index (κ3) is 6.08. The van der Waals surface area contributed by atoms with E-state index in [4.69, 9.17) is 0 Å². The summed E-state index contributed by atoms with van der Waals surface area (Å²) < 4.78 is 6.28. The number of amides is 1. The molecule has 0 aliphatic heterocycles. The zero-order chi connectivity index (χ0) is 19.8. The molecular weight excluding hydrogens is 414 g/mol. The average molecular weight is 432 g/mol. The Bertz CT molecular complexity index is 930. The number of ether oxygens (including phenoxy) is 1. The molecule has 28 heavy (non-hydrogen) atoms. The number of aromatic nitrogens is 2. The fourth-order valence-corrected chi connectivity index (χ4v) is 4.94. The largest absolute Gasteiger partial charge is 0.465 e. The van der Waals surface area contributed by atoms with Gasteiger partial charge in [0.1, 0.15) is 0 Å². The van der Waals surface area contributed by atoms with Crippen LogP contribution in [0.15, 0.2) is 63.3 Å². The van der Waals surface area contributed by atoms with Crippen molar-refractivity contribution in [2.24, 2.45) is 0 Å². The smallest absolute Gasteiger partial charge is 0.337 e. The number of methoxy groups -OCH3 is 1. The molecule has 9 heteroatoms. The van der Waals surface area contributed by atoms with Crippen LogP contribution in [0.2, 0.25) is 0 Å². The van der Waals surface area contributed by atoms with Gasteiger partial charge in [-0.15, -0.1) is 10.2 Å². The maximum absolute atomic E-state index is 12.1. The molecule has 3 aromatic rings. The fourth-order valence-electron chi connectivity index (χ4n) is 2.16. The quantitative estimate of drug-likeness (QED) is 0.419. The topological polar surface area (TPSA) is 81.2 Å². The van der Waals surface area contributed by atoms with E-state index in [0.717, 1.165) is 14.4 Å². The second-order valence-electron chi connectivity index (χ2n) is 5.51. The summed E-state index contributed by atoms with van der Waals surface area (Å²) in [5.74, 6) is 0.508.